The Labute approximate surface area is 194 Å². The number of aliphatic hydroxyl groups is 1. The Hall–Kier alpha value is -2.32. The molecule has 0 fully saturated rings. The molecule has 1 N–H and O–H groups in total. The minimum Gasteiger partial charge on any atom is -0.390 e. The summed E-state index contributed by atoms with van der Waals surface area (Å²) in [6, 6.07) is 23.9. The normalized spacial score (nSPS) is 14.0. The van der Waals surface area contributed by atoms with Crippen LogP contribution in [0.4, 0.5) is 0 Å². The molecule has 3 aromatic carbocycles. The minimum atomic E-state index is -4.36. The summed E-state index contributed by atoms with van der Waals surface area (Å²) in [7, 11) is -8.66. The summed E-state index contributed by atoms with van der Waals surface area (Å²) in [5.74, 6) is -1.77. The van der Waals surface area contributed by atoms with Crippen LogP contribution in [0, 0.1) is 6.92 Å². The van der Waals surface area contributed by atoms with Crippen LogP contribution in [0.25, 0.3) is 0 Å². The van der Waals surface area contributed by atoms with E-state index in [9.17, 15) is 18.1 Å². The van der Waals surface area contributed by atoms with Crippen LogP contribution in [0.15, 0.2) is 89.8 Å². The standard InChI is InChI=1S/C24H27O7PS/c1-19-13-15-23(16-14-19)33(27,28)31-24(20(2)25)32(26,29-17-21-9-5-3-6-10-21)30-18-22-11-7-4-8-12-22/h3-16,20,24-25H,17-18H2,1-2H3. The lowest BCUT2D eigenvalue weighted by molar-refractivity contribution is 0.0633. The van der Waals surface area contributed by atoms with Gasteiger partial charge in [0, 0.05) is 0 Å². The van der Waals surface area contributed by atoms with E-state index in [2.05, 4.69) is 0 Å². The summed E-state index contributed by atoms with van der Waals surface area (Å²) in [6.45, 7) is 2.85. The molecular formula is C24H27O7PS. The molecule has 33 heavy (non-hydrogen) atoms. The Morgan fingerprint density at radius 1 is 0.818 bits per heavy atom. The van der Waals surface area contributed by atoms with Crippen LogP contribution in [0.5, 0.6) is 0 Å². The maximum atomic E-state index is 13.9. The van der Waals surface area contributed by atoms with Gasteiger partial charge in [-0.3, -0.25) is 4.57 Å². The van der Waals surface area contributed by atoms with Crippen molar-refractivity contribution in [2.24, 2.45) is 0 Å². The molecule has 0 aliphatic rings. The second-order valence-corrected chi connectivity index (χ2v) is 11.2. The van der Waals surface area contributed by atoms with Crippen molar-refractivity contribution in [1.82, 2.24) is 0 Å². The molecule has 9 heteroatoms. The van der Waals surface area contributed by atoms with Gasteiger partial charge in [-0.25, -0.2) is 4.18 Å². The van der Waals surface area contributed by atoms with Crippen molar-refractivity contribution in [3.05, 3.63) is 102 Å². The molecule has 2 atom stereocenters. The molecule has 0 radical (unpaired) electrons. The van der Waals surface area contributed by atoms with Crippen molar-refractivity contribution >= 4 is 17.7 Å². The van der Waals surface area contributed by atoms with Gasteiger partial charge in [0.15, 0.2) is 0 Å². The summed E-state index contributed by atoms with van der Waals surface area (Å²) in [5.41, 5.74) is 2.27. The lowest BCUT2D eigenvalue weighted by Crippen LogP contribution is -2.31. The maximum Gasteiger partial charge on any atom is 0.364 e. The topological polar surface area (TPSA) is 99.1 Å². The molecule has 7 nitrogen and oxygen atoms in total. The highest BCUT2D eigenvalue weighted by Gasteiger charge is 2.44. The second-order valence-electron chi connectivity index (χ2n) is 7.55. The molecule has 0 amide bonds. The molecule has 0 heterocycles. The number of aryl methyl sites for hydroxylation is 1. The molecular weight excluding hydrogens is 463 g/mol. The van der Waals surface area contributed by atoms with Crippen LogP contribution in [-0.4, -0.2) is 25.5 Å². The molecule has 0 aliphatic heterocycles. The zero-order valence-corrected chi connectivity index (χ0v) is 20.1. The monoisotopic (exact) mass is 490 g/mol. The summed E-state index contributed by atoms with van der Waals surface area (Å²) < 4.78 is 56.2. The fourth-order valence-electron chi connectivity index (χ4n) is 2.95. The molecule has 2 unspecified atom stereocenters. The van der Waals surface area contributed by atoms with Gasteiger partial charge in [0.1, 0.15) is 0 Å². The first-order chi connectivity index (χ1) is 15.7. The number of aliphatic hydroxyl groups excluding tert-OH is 1. The lowest BCUT2D eigenvalue weighted by Gasteiger charge is -2.28. The van der Waals surface area contributed by atoms with Gasteiger partial charge < -0.3 is 14.2 Å². The van der Waals surface area contributed by atoms with E-state index >= 15 is 0 Å². The number of hydrogen-bond donors (Lipinski definition) is 1. The van der Waals surface area contributed by atoms with E-state index in [1.54, 1.807) is 60.7 Å². The maximum absolute atomic E-state index is 13.9. The largest absolute Gasteiger partial charge is 0.390 e. The quantitative estimate of drug-likeness (QED) is 0.297. The molecule has 3 aromatic rings. The molecule has 0 bridgehead atoms. The molecule has 176 valence electrons. The van der Waals surface area contributed by atoms with Gasteiger partial charge in [-0.15, -0.1) is 0 Å². The lowest BCUT2D eigenvalue weighted by atomic mass is 10.2. The van der Waals surface area contributed by atoms with Crippen LogP contribution < -0.4 is 0 Å². The zero-order chi connectivity index (χ0) is 23.9. The smallest absolute Gasteiger partial charge is 0.364 e. The highest BCUT2D eigenvalue weighted by atomic mass is 32.2. The average molecular weight is 491 g/mol. The predicted molar refractivity (Wildman–Crippen MR) is 125 cm³/mol. The molecule has 0 spiro atoms. The van der Waals surface area contributed by atoms with Gasteiger partial charge in [0.05, 0.1) is 24.2 Å². The van der Waals surface area contributed by atoms with Gasteiger partial charge >= 0.3 is 7.60 Å². The molecule has 0 aromatic heterocycles. The summed E-state index contributed by atoms with van der Waals surface area (Å²) in [4.78, 5) is -0.128. The van der Waals surface area contributed by atoms with Crippen molar-refractivity contribution in [3.8, 4) is 0 Å². The zero-order valence-electron chi connectivity index (χ0n) is 18.4. The van der Waals surface area contributed by atoms with Gasteiger partial charge in [-0.2, -0.15) is 8.42 Å². The fraction of sp³-hybridized carbons (Fsp3) is 0.250. The number of hydrogen-bond acceptors (Lipinski definition) is 7. The van der Waals surface area contributed by atoms with E-state index in [4.69, 9.17) is 13.2 Å². The van der Waals surface area contributed by atoms with E-state index in [0.717, 1.165) is 5.56 Å². The Morgan fingerprint density at radius 3 is 1.70 bits per heavy atom. The third-order valence-electron chi connectivity index (χ3n) is 4.77. The van der Waals surface area contributed by atoms with E-state index < -0.39 is 29.7 Å². The summed E-state index contributed by atoms with van der Waals surface area (Å²) >= 11 is 0. The van der Waals surface area contributed by atoms with Gasteiger partial charge in [-0.05, 0) is 37.1 Å². The molecule has 3 rings (SSSR count). The van der Waals surface area contributed by atoms with Crippen molar-refractivity contribution in [1.29, 1.82) is 0 Å². The highest BCUT2D eigenvalue weighted by molar-refractivity contribution is 7.87. The summed E-state index contributed by atoms with van der Waals surface area (Å²) in [5, 5.41) is 10.4. The Balaban J connectivity index is 1.89. The minimum absolute atomic E-state index is 0.121. The van der Waals surface area contributed by atoms with Crippen LogP contribution in [0.3, 0.4) is 0 Å². The van der Waals surface area contributed by atoms with Crippen LogP contribution in [-0.2, 0) is 41.1 Å². The van der Waals surface area contributed by atoms with E-state index in [-0.39, 0.29) is 18.1 Å². The first kappa shape index (κ1) is 25.3. The molecule has 0 saturated heterocycles. The number of rotatable bonds is 11. The van der Waals surface area contributed by atoms with Crippen molar-refractivity contribution in [2.75, 3.05) is 0 Å². The SMILES string of the molecule is Cc1ccc(S(=O)(=O)OC(C(C)O)P(=O)(OCc2ccccc2)OCc2ccccc2)cc1. The summed E-state index contributed by atoms with van der Waals surface area (Å²) in [6.07, 6.45) is -1.47. The Morgan fingerprint density at radius 2 is 1.27 bits per heavy atom. The fourth-order valence-corrected chi connectivity index (χ4v) is 6.27. The predicted octanol–water partition coefficient (Wildman–Crippen LogP) is 5.03. The Bertz CT molecular complexity index is 1120. The van der Waals surface area contributed by atoms with E-state index in [1.165, 1.54) is 19.1 Å². The third-order valence-corrected chi connectivity index (χ3v) is 8.36. The molecule has 0 aliphatic carbocycles. The number of benzene rings is 3. The van der Waals surface area contributed by atoms with E-state index in [1.807, 2.05) is 19.1 Å². The first-order valence-corrected chi connectivity index (χ1v) is 13.4. The average Bonchev–Trinajstić information content (AvgIpc) is 2.81. The van der Waals surface area contributed by atoms with Gasteiger partial charge in [0.25, 0.3) is 10.1 Å². The van der Waals surface area contributed by atoms with Crippen molar-refractivity contribution in [2.45, 2.75) is 43.9 Å². The third kappa shape index (κ3) is 7.08. The van der Waals surface area contributed by atoms with Crippen LogP contribution >= 0.6 is 7.60 Å². The van der Waals surface area contributed by atoms with Crippen molar-refractivity contribution in [3.63, 3.8) is 0 Å². The molecule has 0 saturated carbocycles. The van der Waals surface area contributed by atoms with Crippen molar-refractivity contribution < 1.29 is 31.3 Å². The van der Waals surface area contributed by atoms with Crippen LogP contribution in [0.1, 0.15) is 23.6 Å². The van der Waals surface area contributed by atoms with Gasteiger partial charge in [-0.1, -0.05) is 78.4 Å². The first-order valence-electron chi connectivity index (χ1n) is 10.3. The highest BCUT2D eigenvalue weighted by Crippen LogP contribution is 2.56. The second kappa shape index (κ2) is 11.2. The van der Waals surface area contributed by atoms with Gasteiger partial charge in [0.2, 0.25) is 5.85 Å². The Kier molecular flexibility index (Phi) is 8.59. The van der Waals surface area contributed by atoms with Crippen LogP contribution in [0.2, 0.25) is 0 Å². The van der Waals surface area contributed by atoms with E-state index in [0.29, 0.717) is 11.1 Å².